The van der Waals surface area contributed by atoms with Crippen molar-refractivity contribution in [3.63, 3.8) is 0 Å². The van der Waals surface area contributed by atoms with E-state index >= 15 is 0 Å². The summed E-state index contributed by atoms with van der Waals surface area (Å²) in [5, 5.41) is 13.9. The second kappa shape index (κ2) is 6.38. The molecule has 0 spiro atoms. The molecule has 1 aromatic carbocycles. The predicted octanol–water partition coefficient (Wildman–Crippen LogP) is 3.12. The Morgan fingerprint density at radius 3 is 3.05 bits per heavy atom. The van der Waals surface area contributed by atoms with Crippen LogP contribution in [0, 0.1) is 5.92 Å². The van der Waals surface area contributed by atoms with Gasteiger partial charge in [-0.15, -0.1) is 0 Å². The number of halogens is 1. The van der Waals surface area contributed by atoms with Crippen molar-refractivity contribution in [2.75, 3.05) is 0 Å². The Morgan fingerprint density at radius 2 is 2.32 bits per heavy atom. The molecule has 0 fully saturated rings. The summed E-state index contributed by atoms with van der Waals surface area (Å²) in [4.78, 5) is 11.8. The number of aromatic hydroxyl groups is 1. The normalized spacial score (nSPS) is 18.7. The molecule has 1 aliphatic rings. The summed E-state index contributed by atoms with van der Waals surface area (Å²) >= 11 is 5.78. The van der Waals surface area contributed by atoms with Crippen LogP contribution in [-0.2, 0) is 0 Å². The lowest BCUT2D eigenvalue weighted by Crippen LogP contribution is -2.19. The molecule has 0 saturated heterocycles. The Morgan fingerprint density at radius 1 is 1.47 bits per heavy atom. The minimum absolute atomic E-state index is 0.113. The van der Waals surface area contributed by atoms with Gasteiger partial charge >= 0.3 is 0 Å². The zero-order valence-electron chi connectivity index (χ0n) is 10.3. The molecule has 5 heteroatoms. The standard InChI is InChI=1S/C14H15ClN2O2/c15-11-6-7-13(18)12(8-11)14(19)17-16-9-10-4-2-1-3-5-10/h1-2,6-10,18H,3-5H2,(H,17,19)/b16-9-/t10-/m0/s1. The fraction of sp³-hybridized carbons (Fsp3) is 0.286. The topological polar surface area (TPSA) is 61.7 Å². The van der Waals surface area contributed by atoms with Crippen LogP contribution in [0.2, 0.25) is 5.02 Å². The van der Waals surface area contributed by atoms with Gasteiger partial charge in [-0.3, -0.25) is 4.79 Å². The summed E-state index contributed by atoms with van der Waals surface area (Å²) in [5.74, 6) is -0.224. The lowest BCUT2D eigenvalue weighted by Gasteiger charge is -2.11. The van der Waals surface area contributed by atoms with Gasteiger partial charge in [-0.1, -0.05) is 23.8 Å². The first-order valence-corrected chi connectivity index (χ1v) is 6.51. The quantitative estimate of drug-likeness (QED) is 0.507. The molecule has 2 N–H and O–H groups in total. The zero-order chi connectivity index (χ0) is 13.7. The number of carbonyl (C=O) groups excluding carboxylic acids is 1. The average Bonchev–Trinajstić information content (AvgIpc) is 2.42. The maximum absolute atomic E-state index is 11.8. The van der Waals surface area contributed by atoms with Crippen LogP contribution < -0.4 is 5.43 Å². The van der Waals surface area contributed by atoms with Crippen molar-refractivity contribution in [1.82, 2.24) is 5.43 Å². The summed E-state index contributed by atoms with van der Waals surface area (Å²) in [6, 6.07) is 4.31. The van der Waals surface area contributed by atoms with Crippen LogP contribution in [0.1, 0.15) is 29.6 Å². The fourth-order valence-corrected chi connectivity index (χ4v) is 2.08. The van der Waals surface area contributed by atoms with Gasteiger partial charge in [0.25, 0.3) is 5.91 Å². The van der Waals surface area contributed by atoms with Crippen LogP contribution in [0.4, 0.5) is 0 Å². The molecule has 100 valence electrons. The van der Waals surface area contributed by atoms with Crippen LogP contribution in [-0.4, -0.2) is 17.2 Å². The molecule has 4 nitrogen and oxygen atoms in total. The van der Waals surface area contributed by atoms with Gasteiger partial charge in [-0.25, -0.2) is 5.43 Å². The van der Waals surface area contributed by atoms with Gasteiger partial charge in [-0.2, -0.15) is 5.10 Å². The second-order valence-corrected chi connectivity index (χ2v) is 4.86. The molecule has 2 rings (SSSR count). The third-order valence-corrected chi connectivity index (χ3v) is 3.20. The van der Waals surface area contributed by atoms with Crippen molar-refractivity contribution < 1.29 is 9.90 Å². The molecule has 1 aromatic rings. The molecular formula is C14H15ClN2O2. The molecule has 1 aliphatic carbocycles. The van der Waals surface area contributed by atoms with Crippen molar-refractivity contribution in [3.05, 3.63) is 40.9 Å². The molecule has 0 saturated carbocycles. The Bertz CT molecular complexity index is 526. The van der Waals surface area contributed by atoms with Crippen molar-refractivity contribution in [3.8, 4) is 5.75 Å². The third kappa shape index (κ3) is 3.83. The van der Waals surface area contributed by atoms with E-state index in [2.05, 4.69) is 22.7 Å². The molecule has 0 radical (unpaired) electrons. The van der Waals surface area contributed by atoms with E-state index in [1.165, 1.54) is 18.2 Å². The van der Waals surface area contributed by atoms with Gasteiger partial charge in [0.05, 0.1) is 5.56 Å². The SMILES string of the molecule is O=C(N/N=C\[C@H]1CC=CCC1)c1cc(Cl)ccc1O. The first kappa shape index (κ1) is 13.6. The van der Waals surface area contributed by atoms with E-state index < -0.39 is 5.91 Å². The fourth-order valence-electron chi connectivity index (χ4n) is 1.90. The molecule has 0 aromatic heterocycles. The molecule has 0 aliphatic heterocycles. The van der Waals surface area contributed by atoms with Gasteiger partial charge in [0.15, 0.2) is 0 Å². The highest BCUT2D eigenvalue weighted by Gasteiger charge is 2.11. The number of hydrogen-bond donors (Lipinski definition) is 2. The maximum Gasteiger partial charge on any atom is 0.275 e. The Hall–Kier alpha value is -1.81. The van der Waals surface area contributed by atoms with Gasteiger partial charge < -0.3 is 5.11 Å². The van der Waals surface area contributed by atoms with E-state index in [4.69, 9.17) is 11.6 Å². The van der Waals surface area contributed by atoms with Gasteiger partial charge in [-0.05, 0) is 43.4 Å². The number of amides is 1. The predicted molar refractivity (Wildman–Crippen MR) is 75.6 cm³/mol. The number of benzene rings is 1. The summed E-state index contributed by atoms with van der Waals surface area (Å²) in [5.41, 5.74) is 2.52. The van der Waals surface area contributed by atoms with Crippen LogP contribution >= 0.6 is 11.6 Å². The summed E-state index contributed by atoms with van der Waals surface area (Å²) in [6.07, 6.45) is 9.03. The number of rotatable bonds is 3. The number of phenolic OH excluding ortho intramolecular Hbond substituents is 1. The zero-order valence-corrected chi connectivity index (χ0v) is 11.1. The lowest BCUT2D eigenvalue weighted by atomic mass is 9.96. The highest BCUT2D eigenvalue weighted by atomic mass is 35.5. The molecule has 19 heavy (non-hydrogen) atoms. The molecule has 0 bridgehead atoms. The number of carbonyl (C=O) groups is 1. The summed E-state index contributed by atoms with van der Waals surface area (Å²) < 4.78 is 0. The van der Waals surface area contributed by atoms with Gasteiger partial charge in [0, 0.05) is 11.2 Å². The molecule has 0 heterocycles. The molecular weight excluding hydrogens is 264 g/mol. The highest BCUT2D eigenvalue weighted by Crippen LogP contribution is 2.21. The smallest absolute Gasteiger partial charge is 0.275 e. The Balaban J connectivity index is 1.95. The average molecular weight is 279 g/mol. The molecule has 0 unspecified atom stereocenters. The minimum atomic E-state index is -0.470. The Labute approximate surface area is 116 Å². The van der Waals surface area contributed by atoms with Crippen LogP contribution in [0.5, 0.6) is 5.75 Å². The number of phenols is 1. The molecule has 1 atom stereocenters. The number of allylic oxidation sites excluding steroid dienone is 2. The maximum atomic E-state index is 11.8. The van der Waals surface area contributed by atoms with E-state index in [1.54, 1.807) is 6.21 Å². The second-order valence-electron chi connectivity index (χ2n) is 4.43. The third-order valence-electron chi connectivity index (χ3n) is 2.96. The van der Waals surface area contributed by atoms with Crippen LogP contribution in [0.15, 0.2) is 35.5 Å². The number of nitrogens with one attached hydrogen (secondary N) is 1. The van der Waals surface area contributed by atoms with Crippen molar-refractivity contribution in [1.29, 1.82) is 0 Å². The van der Waals surface area contributed by atoms with E-state index in [0.29, 0.717) is 10.9 Å². The van der Waals surface area contributed by atoms with Crippen molar-refractivity contribution >= 4 is 23.7 Å². The van der Waals surface area contributed by atoms with E-state index in [0.717, 1.165) is 19.3 Å². The first-order chi connectivity index (χ1) is 9.16. The first-order valence-electron chi connectivity index (χ1n) is 6.14. The molecule has 1 amide bonds. The number of hydrazone groups is 1. The van der Waals surface area contributed by atoms with E-state index in [1.807, 2.05) is 0 Å². The van der Waals surface area contributed by atoms with E-state index in [-0.39, 0.29) is 11.3 Å². The largest absolute Gasteiger partial charge is 0.507 e. The Kier molecular flexibility index (Phi) is 4.58. The van der Waals surface area contributed by atoms with E-state index in [9.17, 15) is 9.90 Å². The lowest BCUT2D eigenvalue weighted by molar-refractivity contribution is 0.0952. The van der Waals surface area contributed by atoms with Crippen LogP contribution in [0.25, 0.3) is 0 Å². The van der Waals surface area contributed by atoms with Crippen molar-refractivity contribution in [2.45, 2.75) is 19.3 Å². The number of hydrogen-bond acceptors (Lipinski definition) is 3. The van der Waals surface area contributed by atoms with Crippen LogP contribution in [0.3, 0.4) is 0 Å². The van der Waals surface area contributed by atoms with Gasteiger partial charge in [0.2, 0.25) is 0 Å². The van der Waals surface area contributed by atoms with Gasteiger partial charge in [0.1, 0.15) is 5.75 Å². The number of nitrogens with zero attached hydrogens (tertiary/aromatic N) is 1. The highest BCUT2D eigenvalue weighted by molar-refractivity contribution is 6.31. The summed E-state index contributed by atoms with van der Waals surface area (Å²) in [7, 11) is 0. The summed E-state index contributed by atoms with van der Waals surface area (Å²) in [6.45, 7) is 0. The van der Waals surface area contributed by atoms with Crippen molar-refractivity contribution in [2.24, 2.45) is 11.0 Å². The minimum Gasteiger partial charge on any atom is -0.507 e. The monoisotopic (exact) mass is 278 g/mol.